The van der Waals surface area contributed by atoms with Crippen LogP contribution in [0.1, 0.15) is 11.6 Å². The van der Waals surface area contributed by atoms with Crippen molar-refractivity contribution < 1.29 is 14.0 Å². The molecule has 146 valence electrons. The van der Waals surface area contributed by atoms with Gasteiger partial charge in [0, 0.05) is 31.0 Å². The second-order valence-electron chi connectivity index (χ2n) is 6.34. The van der Waals surface area contributed by atoms with Gasteiger partial charge in [0.2, 0.25) is 11.7 Å². The quantitative estimate of drug-likeness (QED) is 0.426. The fourth-order valence-electron chi connectivity index (χ4n) is 3.03. The van der Waals surface area contributed by atoms with E-state index in [1.165, 1.54) is 0 Å². The van der Waals surface area contributed by atoms with Gasteiger partial charge in [0.25, 0.3) is 0 Å². The molecule has 4 aromatic heterocycles. The number of aromatic nitrogens is 8. The van der Waals surface area contributed by atoms with Crippen LogP contribution in [0.25, 0.3) is 27.9 Å². The van der Waals surface area contributed by atoms with Crippen LogP contribution in [0.5, 0.6) is 5.88 Å². The molecule has 0 fully saturated rings. The largest absolute Gasteiger partial charge is 0.468 e. The minimum Gasteiger partial charge on any atom is -0.468 e. The van der Waals surface area contributed by atoms with E-state index >= 15 is 0 Å². The van der Waals surface area contributed by atoms with Crippen molar-refractivity contribution in [2.45, 2.75) is 13.2 Å². The Bertz CT molecular complexity index is 1310. The van der Waals surface area contributed by atoms with Crippen LogP contribution in [0.15, 0.2) is 41.2 Å². The fourth-order valence-corrected chi connectivity index (χ4v) is 3.03. The molecule has 0 saturated carbocycles. The maximum Gasteiger partial charge on any atom is 0.240 e. The summed E-state index contributed by atoms with van der Waals surface area (Å²) in [6.45, 7) is 0.494. The van der Waals surface area contributed by atoms with Crippen molar-refractivity contribution in [3.05, 3.63) is 48.2 Å². The molecule has 0 radical (unpaired) electrons. The highest BCUT2D eigenvalue weighted by atomic mass is 16.5. The maximum atomic E-state index is 5.94. The highest BCUT2D eigenvalue weighted by molar-refractivity contribution is 5.96. The van der Waals surface area contributed by atoms with Crippen molar-refractivity contribution in [1.82, 2.24) is 39.7 Å². The van der Waals surface area contributed by atoms with Crippen LogP contribution >= 0.6 is 0 Å². The van der Waals surface area contributed by atoms with Gasteiger partial charge in [-0.3, -0.25) is 4.68 Å². The highest BCUT2D eigenvalue weighted by Gasteiger charge is 2.19. The third kappa shape index (κ3) is 3.06. The normalized spacial score (nSPS) is 11.5. The van der Waals surface area contributed by atoms with E-state index in [4.69, 9.17) is 14.0 Å². The van der Waals surface area contributed by atoms with E-state index in [1.54, 1.807) is 35.7 Å². The molecule has 0 atom stereocenters. The van der Waals surface area contributed by atoms with Gasteiger partial charge >= 0.3 is 0 Å². The number of hydrogen-bond donors (Lipinski definition) is 0. The molecule has 11 nitrogen and oxygen atoms in total. The Morgan fingerprint density at radius 1 is 1.07 bits per heavy atom. The predicted molar refractivity (Wildman–Crippen MR) is 99.8 cm³/mol. The second-order valence-corrected chi connectivity index (χ2v) is 6.34. The molecule has 0 aliphatic carbocycles. The van der Waals surface area contributed by atoms with E-state index in [2.05, 4.69) is 30.5 Å². The first-order chi connectivity index (χ1) is 14.2. The van der Waals surface area contributed by atoms with Gasteiger partial charge in [0.1, 0.15) is 12.9 Å². The van der Waals surface area contributed by atoms with Gasteiger partial charge in [-0.05, 0) is 6.07 Å². The van der Waals surface area contributed by atoms with Crippen LogP contribution in [0.4, 0.5) is 0 Å². The number of methoxy groups -OCH3 is 1. The lowest BCUT2D eigenvalue weighted by atomic mass is 10.2. The van der Waals surface area contributed by atoms with E-state index < -0.39 is 0 Å². The van der Waals surface area contributed by atoms with Gasteiger partial charge < -0.3 is 14.0 Å². The average Bonchev–Trinajstić information content (AvgIpc) is 3.46. The predicted octanol–water partition coefficient (Wildman–Crippen LogP) is 1.79. The molecule has 0 aliphatic rings. The van der Waals surface area contributed by atoms with E-state index in [0.717, 1.165) is 10.8 Å². The number of nitrogens with zero attached hydrogens (tertiary/aromatic N) is 8. The van der Waals surface area contributed by atoms with E-state index in [9.17, 15) is 0 Å². The van der Waals surface area contributed by atoms with Crippen molar-refractivity contribution in [3.63, 3.8) is 0 Å². The van der Waals surface area contributed by atoms with Crippen LogP contribution in [0, 0.1) is 0 Å². The summed E-state index contributed by atoms with van der Waals surface area (Å²) in [5.41, 5.74) is 1.10. The summed E-state index contributed by atoms with van der Waals surface area (Å²) >= 11 is 0. The minimum absolute atomic E-state index is 0.183. The first kappa shape index (κ1) is 17.3. The van der Waals surface area contributed by atoms with Gasteiger partial charge in [0.15, 0.2) is 29.5 Å². The summed E-state index contributed by atoms with van der Waals surface area (Å²) < 4.78 is 19.5. The van der Waals surface area contributed by atoms with Crippen LogP contribution in [0.3, 0.4) is 0 Å². The monoisotopic (exact) mass is 392 g/mol. The number of aryl methyl sites for hydroxylation is 1. The molecule has 29 heavy (non-hydrogen) atoms. The van der Waals surface area contributed by atoms with Gasteiger partial charge in [-0.2, -0.15) is 9.61 Å². The van der Waals surface area contributed by atoms with Crippen molar-refractivity contribution in [3.8, 4) is 17.4 Å². The molecule has 0 unspecified atom stereocenters. The van der Waals surface area contributed by atoms with Gasteiger partial charge in [0.05, 0.1) is 0 Å². The lowest BCUT2D eigenvalue weighted by Gasteiger charge is -2.08. The summed E-state index contributed by atoms with van der Waals surface area (Å²) in [7, 11) is 3.39. The first-order valence-electron chi connectivity index (χ1n) is 8.79. The van der Waals surface area contributed by atoms with Crippen molar-refractivity contribution >= 4 is 16.4 Å². The zero-order valence-electron chi connectivity index (χ0n) is 15.7. The Kier molecular flexibility index (Phi) is 4.13. The van der Waals surface area contributed by atoms with Gasteiger partial charge in [-0.25, -0.2) is 4.98 Å². The van der Waals surface area contributed by atoms with E-state index in [-0.39, 0.29) is 6.61 Å². The van der Waals surface area contributed by atoms with Crippen molar-refractivity contribution in [2.24, 2.45) is 7.05 Å². The van der Waals surface area contributed by atoms with Crippen LogP contribution in [-0.4, -0.2) is 46.8 Å². The molecule has 0 saturated heterocycles. The molecule has 11 heteroatoms. The molecule has 0 spiro atoms. The molecule has 1 aromatic carbocycles. The zero-order valence-corrected chi connectivity index (χ0v) is 15.7. The molecule has 5 rings (SSSR count). The molecule has 5 aromatic rings. The van der Waals surface area contributed by atoms with Gasteiger partial charge in [-0.1, -0.05) is 23.4 Å². The Morgan fingerprint density at radius 3 is 2.72 bits per heavy atom. The Labute approximate surface area is 163 Å². The summed E-state index contributed by atoms with van der Waals surface area (Å²) in [5.74, 6) is 2.00. The first-order valence-corrected chi connectivity index (χ1v) is 8.79. The average molecular weight is 392 g/mol. The van der Waals surface area contributed by atoms with Crippen LogP contribution in [0.2, 0.25) is 0 Å². The number of fused-ring (bicyclic) bond motifs is 3. The summed E-state index contributed by atoms with van der Waals surface area (Å²) in [4.78, 5) is 4.18. The van der Waals surface area contributed by atoms with Crippen LogP contribution in [-0.2, 0) is 25.0 Å². The Morgan fingerprint density at radius 2 is 1.93 bits per heavy atom. The molecule has 0 amide bonds. The Balaban J connectivity index is 1.61. The fraction of sp³-hybridized carbons (Fsp3) is 0.222. The number of hydrogen-bond acceptors (Lipinski definition) is 9. The molecular weight excluding hydrogens is 376 g/mol. The maximum absolute atomic E-state index is 5.94. The number of ether oxygens (including phenoxy) is 2. The van der Waals surface area contributed by atoms with Crippen LogP contribution < -0.4 is 4.74 Å². The smallest absolute Gasteiger partial charge is 0.240 e. The molecule has 4 heterocycles. The van der Waals surface area contributed by atoms with Crippen molar-refractivity contribution in [1.29, 1.82) is 0 Å². The third-order valence-electron chi connectivity index (χ3n) is 4.29. The molecule has 0 N–H and O–H groups in total. The van der Waals surface area contributed by atoms with Crippen molar-refractivity contribution in [2.75, 3.05) is 7.11 Å². The summed E-state index contributed by atoms with van der Waals surface area (Å²) in [6, 6.07) is 9.45. The summed E-state index contributed by atoms with van der Waals surface area (Å²) in [5, 5.41) is 23.1. The molecular formula is C18H16N8O3. The molecule has 0 aliphatic heterocycles. The number of benzene rings is 1. The minimum atomic E-state index is 0.183. The van der Waals surface area contributed by atoms with E-state index in [0.29, 0.717) is 41.2 Å². The second kappa shape index (κ2) is 6.95. The zero-order chi connectivity index (χ0) is 19.8. The topological polar surface area (TPSA) is 118 Å². The Hall–Kier alpha value is -3.86. The lowest BCUT2D eigenvalue weighted by molar-refractivity contribution is 0.156. The van der Waals surface area contributed by atoms with Gasteiger partial charge in [-0.15, -0.1) is 15.3 Å². The summed E-state index contributed by atoms with van der Waals surface area (Å²) in [6.07, 6.45) is 1.62. The molecule has 0 bridgehead atoms. The lowest BCUT2D eigenvalue weighted by Crippen LogP contribution is -2.04. The number of rotatable bonds is 6. The highest BCUT2D eigenvalue weighted by Crippen LogP contribution is 2.29. The third-order valence-corrected chi connectivity index (χ3v) is 4.29. The van der Waals surface area contributed by atoms with E-state index in [1.807, 2.05) is 24.3 Å². The standard InChI is InChI=1S/C18H16N8O3/c1-25-10-19-15(22-25)9-28-18-13-6-4-3-5-12(13)16-20-21-17(26(16)23-18)14-7-11(8-27-2)29-24-14/h3-7,10H,8-9H2,1-2H3. The SMILES string of the molecule is COCc1cc(-c2nnc3c4ccccc4c(OCc4ncn(C)n4)nn23)no1.